The molecule has 1 aromatic heterocycles. The molecule has 0 fully saturated rings. The third-order valence-corrected chi connectivity index (χ3v) is 5.69. The monoisotopic (exact) mass is 510 g/mol. The van der Waals surface area contributed by atoms with Crippen molar-refractivity contribution in [3.63, 3.8) is 0 Å². The lowest BCUT2D eigenvalue weighted by molar-refractivity contribution is 0.324. The number of benzene rings is 1. The molecule has 150 valence electrons. The minimum Gasteiger partial charge on any atom is -0.493 e. The van der Waals surface area contributed by atoms with E-state index < -0.39 is 0 Å². The van der Waals surface area contributed by atoms with Gasteiger partial charge < -0.3 is 15.2 Å². The SMILES string of the molecule is C=CCOc1c(I)cc(/C=C2/C(C)=C(C#N)c3nc(N)c(C#N)c(C)c32)cc1OC. The van der Waals surface area contributed by atoms with Crippen LogP contribution in [0, 0.1) is 33.2 Å². The third-order valence-electron chi connectivity index (χ3n) is 4.89. The molecule has 30 heavy (non-hydrogen) atoms. The van der Waals surface area contributed by atoms with E-state index in [0.29, 0.717) is 40.5 Å². The van der Waals surface area contributed by atoms with Crippen LogP contribution >= 0.6 is 22.6 Å². The number of aromatic nitrogens is 1. The van der Waals surface area contributed by atoms with E-state index in [0.717, 1.165) is 25.8 Å². The van der Waals surface area contributed by atoms with Gasteiger partial charge in [0.25, 0.3) is 0 Å². The number of allylic oxidation sites excluding steroid dienone is 3. The van der Waals surface area contributed by atoms with E-state index in [9.17, 15) is 10.5 Å². The molecule has 1 aliphatic rings. The molecule has 0 saturated heterocycles. The summed E-state index contributed by atoms with van der Waals surface area (Å²) in [5.74, 6) is 1.38. The van der Waals surface area contributed by atoms with Gasteiger partial charge in [0.1, 0.15) is 24.6 Å². The highest BCUT2D eigenvalue weighted by Gasteiger charge is 2.29. The van der Waals surface area contributed by atoms with Crippen molar-refractivity contribution in [2.45, 2.75) is 13.8 Å². The summed E-state index contributed by atoms with van der Waals surface area (Å²) in [6.45, 7) is 7.74. The highest BCUT2D eigenvalue weighted by molar-refractivity contribution is 14.1. The second kappa shape index (κ2) is 8.60. The third kappa shape index (κ3) is 3.53. The van der Waals surface area contributed by atoms with Gasteiger partial charge in [-0.25, -0.2) is 4.98 Å². The van der Waals surface area contributed by atoms with E-state index in [1.807, 2.05) is 32.1 Å². The molecular formula is C23H19IN4O2. The van der Waals surface area contributed by atoms with E-state index in [4.69, 9.17) is 15.2 Å². The Labute approximate surface area is 189 Å². The van der Waals surface area contributed by atoms with Gasteiger partial charge in [-0.1, -0.05) is 12.7 Å². The summed E-state index contributed by atoms with van der Waals surface area (Å²) in [6, 6.07) is 8.18. The number of halogens is 1. The van der Waals surface area contributed by atoms with Crippen molar-refractivity contribution in [2.24, 2.45) is 0 Å². The minimum absolute atomic E-state index is 0.135. The van der Waals surface area contributed by atoms with Crippen molar-refractivity contribution >= 4 is 45.6 Å². The molecule has 6 nitrogen and oxygen atoms in total. The highest BCUT2D eigenvalue weighted by Crippen LogP contribution is 2.45. The summed E-state index contributed by atoms with van der Waals surface area (Å²) in [4.78, 5) is 4.36. The summed E-state index contributed by atoms with van der Waals surface area (Å²) >= 11 is 2.20. The van der Waals surface area contributed by atoms with Crippen LogP contribution in [-0.4, -0.2) is 18.7 Å². The normalized spacial score (nSPS) is 13.6. The van der Waals surface area contributed by atoms with Crippen LogP contribution in [0.4, 0.5) is 5.82 Å². The van der Waals surface area contributed by atoms with Crippen LogP contribution < -0.4 is 15.2 Å². The van der Waals surface area contributed by atoms with Crippen LogP contribution in [0.15, 0.2) is 30.4 Å². The van der Waals surface area contributed by atoms with Gasteiger partial charge >= 0.3 is 0 Å². The van der Waals surface area contributed by atoms with Gasteiger partial charge in [-0.05, 0) is 76.9 Å². The summed E-state index contributed by atoms with van der Waals surface area (Å²) in [5, 5.41) is 19.2. The summed E-state index contributed by atoms with van der Waals surface area (Å²) in [5.41, 5.74) is 11.2. The smallest absolute Gasteiger partial charge is 0.174 e. The number of nitrogens with two attached hydrogens (primary N) is 1. The lowest BCUT2D eigenvalue weighted by atomic mass is 9.95. The first-order valence-electron chi connectivity index (χ1n) is 9.03. The Hall–Kier alpha value is -3.30. The average Bonchev–Trinajstić information content (AvgIpc) is 2.97. The number of nitrogen functional groups attached to an aromatic ring is 1. The Balaban J connectivity index is 2.24. The minimum atomic E-state index is 0.135. The zero-order valence-corrected chi connectivity index (χ0v) is 19.0. The van der Waals surface area contributed by atoms with Gasteiger partial charge in [-0.3, -0.25) is 0 Å². The highest BCUT2D eigenvalue weighted by atomic mass is 127. The average molecular weight is 510 g/mol. The summed E-state index contributed by atoms with van der Waals surface area (Å²) in [7, 11) is 1.59. The Bertz CT molecular complexity index is 1210. The number of ether oxygens (including phenoxy) is 2. The molecule has 0 amide bonds. The second-order valence-corrected chi connectivity index (χ2v) is 7.80. The number of rotatable bonds is 5. The van der Waals surface area contributed by atoms with Crippen molar-refractivity contribution < 1.29 is 9.47 Å². The molecule has 0 radical (unpaired) electrons. The first kappa shape index (κ1) is 21.4. The molecule has 0 saturated carbocycles. The molecule has 0 atom stereocenters. The quantitative estimate of drug-likeness (QED) is 0.455. The van der Waals surface area contributed by atoms with Gasteiger partial charge in [-0.15, -0.1) is 0 Å². The van der Waals surface area contributed by atoms with E-state index in [2.05, 4.69) is 46.3 Å². The lowest BCUT2D eigenvalue weighted by Gasteiger charge is -2.14. The Morgan fingerprint density at radius 3 is 2.60 bits per heavy atom. The Kier molecular flexibility index (Phi) is 6.14. The summed E-state index contributed by atoms with van der Waals surface area (Å²) in [6.07, 6.45) is 3.64. The zero-order chi connectivity index (χ0) is 22.0. The van der Waals surface area contributed by atoms with Crippen molar-refractivity contribution in [3.05, 3.63) is 61.9 Å². The molecule has 2 N–H and O–H groups in total. The number of methoxy groups -OCH3 is 1. The van der Waals surface area contributed by atoms with Crippen LogP contribution in [-0.2, 0) is 0 Å². The van der Waals surface area contributed by atoms with Crippen LogP contribution in [0.25, 0.3) is 17.2 Å². The molecule has 1 heterocycles. The molecule has 2 aromatic rings. The molecule has 0 spiro atoms. The fourth-order valence-electron chi connectivity index (χ4n) is 3.47. The number of fused-ring (bicyclic) bond motifs is 1. The van der Waals surface area contributed by atoms with Crippen molar-refractivity contribution in [1.82, 2.24) is 4.98 Å². The number of hydrogen-bond donors (Lipinski definition) is 1. The zero-order valence-electron chi connectivity index (χ0n) is 16.8. The predicted octanol–water partition coefficient (Wildman–Crippen LogP) is 4.87. The topological polar surface area (TPSA) is 105 Å². The van der Waals surface area contributed by atoms with Crippen LogP contribution in [0.5, 0.6) is 11.5 Å². The van der Waals surface area contributed by atoms with Gasteiger partial charge in [0, 0.05) is 5.56 Å². The van der Waals surface area contributed by atoms with Crippen molar-refractivity contribution in [1.29, 1.82) is 10.5 Å². The summed E-state index contributed by atoms with van der Waals surface area (Å²) < 4.78 is 12.1. The van der Waals surface area contributed by atoms with Crippen LogP contribution in [0.1, 0.15) is 34.9 Å². The maximum absolute atomic E-state index is 9.69. The standard InChI is InChI=1S/C23H19IN4O2/c1-5-6-30-22-18(24)8-14(9-19(22)29-4)7-15-12(2)16(10-25)21-20(15)13(3)17(11-26)23(27)28-21/h5,7-9H,1,6H2,2-4H3,(H2,27,28)/b15-7-. The van der Waals surface area contributed by atoms with Gasteiger partial charge in [-0.2, -0.15) is 10.5 Å². The fourth-order valence-corrected chi connectivity index (χ4v) is 4.25. The second-order valence-electron chi connectivity index (χ2n) is 6.64. The molecule has 0 bridgehead atoms. The Morgan fingerprint density at radius 2 is 2.00 bits per heavy atom. The van der Waals surface area contributed by atoms with E-state index in [-0.39, 0.29) is 5.82 Å². The molecule has 1 aromatic carbocycles. The maximum atomic E-state index is 9.69. The molecular weight excluding hydrogens is 491 g/mol. The number of nitrogens with zero attached hydrogens (tertiary/aromatic N) is 3. The first-order chi connectivity index (χ1) is 14.4. The van der Waals surface area contributed by atoms with Gasteiger partial charge in [0.15, 0.2) is 11.5 Å². The lowest BCUT2D eigenvalue weighted by Crippen LogP contribution is -2.04. The predicted molar refractivity (Wildman–Crippen MR) is 126 cm³/mol. The van der Waals surface area contributed by atoms with Crippen LogP contribution in [0.3, 0.4) is 0 Å². The Morgan fingerprint density at radius 1 is 1.27 bits per heavy atom. The van der Waals surface area contributed by atoms with E-state index >= 15 is 0 Å². The van der Waals surface area contributed by atoms with Crippen LogP contribution in [0.2, 0.25) is 0 Å². The fraction of sp³-hybridized carbons (Fsp3) is 0.174. The van der Waals surface area contributed by atoms with Gasteiger partial charge in [0.05, 0.1) is 27.5 Å². The number of anilines is 1. The van der Waals surface area contributed by atoms with E-state index in [1.165, 1.54) is 0 Å². The molecule has 7 heteroatoms. The number of pyridine rings is 1. The molecule has 1 aliphatic carbocycles. The van der Waals surface area contributed by atoms with Gasteiger partial charge in [0.2, 0.25) is 0 Å². The van der Waals surface area contributed by atoms with Crippen molar-refractivity contribution in [3.8, 4) is 23.6 Å². The largest absolute Gasteiger partial charge is 0.493 e. The molecule has 3 rings (SSSR count). The number of hydrogen-bond acceptors (Lipinski definition) is 6. The van der Waals surface area contributed by atoms with E-state index in [1.54, 1.807) is 13.2 Å². The molecule has 0 aliphatic heterocycles. The van der Waals surface area contributed by atoms with Crippen molar-refractivity contribution in [2.75, 3.05) is 19.5 Å². The maximum Gasteiger partial charge on any atom is 0.174 e. The molecule has 0 unspecified atom stereocenters. The number of nitriles is 2. The first-order valence-corrected chi connectivity index (χ1v) is 10.1.